The molecule has 6 nitrogen and oxygen atoms in total. The minimum atomic E-state index is -0.285. The van der Waals surface area contributed by atoms with Gasteiger partial charge in [0.25, 0.3) is 5.91 Å². The van der Waals surface area contributed by atoms with Crippen molar-refractivity contribution in [3.8, 4) is 0 Å². The van der Waals surface area contributed by atoms with Crippen LogP contribution in [0.1, 0.15) is 41.6 Å². The molecule has 0 aliphatic heterocycles. The third-order valence-corrected chi connectivity index (χ3v) is 3.53. The van der Waals surface area contributed by atoms with Crippen molar-refractivity contribution in [1.82, 2.24) is 24.9 Å². The van der Waals surface area contributed by atoms with Crippen LogP contribution in [-0.2, 0) is 13.6 Å². The van der Waals surface area contributed by atoms with Gasteiger partial charge in [0, 0.05) is 31.0 Å². The number of nitrogens with one attached hydrogen (secondary N) is 1. The highest BCUT2D eigenvalue weighted by Gasteiger charge is 2.19. The number of aryl methyl sites for hydroxylation is 2. The topological polar surface area (TPSA) is 64.7 Å². The quantitative estimate of drug-likeness (QED) is 0.939. The Morgan fingerprint density at radius 2 is 2.25 bits per heavy atom. The van der Waals surface area contributed by atoms with E-state index in [4.69, 9.17) is 11.6 Å². The van der Waals surface area contributed by atoms with Crippen molar-refractivity contribution in [2.24, 2.45) is 7.05 Å². The Morgan fingerprint density at radius 3 is 2.75 bits per heavy atom. The summed E-state index contributed by atoms with van der Waals surface area (Å²) in [6, 6.07) is -0.152. The molecule has 2 aromatic heterocycles. The highest BCUT2D eigenvalue weighted by Crippen LogP contribution is 2.19. The van der Waals surface area contributed by atoms with Gasteiger partial charge in [-0.25, -0.2) is 0 Å². The summed E-state index contributed by atoms with van der Waals surface area (Å²) >= 11 is 5.97. The Hall–Kier alpha value is -1.82. The lowest BCUT2D eigenvalue weighted by molar-refractivity contribution is 0.0934. The van der Waals surface area contributed by atoms with Gasteiger partial charge < -0.3 is 5.32 Å². The highest BCUT2D eigenvalue weighted by molar-refractivity contribution is 6.33. The largest absolute Gasteiger partial charge is 0.344 e. The van der Waals surface area contributed by atoms with Crippen LogP contribution >= 0.6 is 11.6 Å². The Morgan fingerprint density at radius 1 is 1.55 bits per heavy atom. The summed E-state index contributed by atoms with van der Waals surface area (Å²) in [4.78, 5) is 12.2. The second-order valence-corrected chi connectivity index (χ2v) is 5.10. The van der Waals surface area contributed by atoms with Gasteiger partial charge in [-0.05, 0) is 20.8 Å². The van der Waals surface area contributed by atoms with Crippen molar-refractivity contribution in [1.29, 1.82) is 0 Å². The maximum absolute atomic E-state index is 12.2. The van der Waals surface area contributed by atoms with E-state index in [1.807, 2.05) is 25.5 Å². The molecule has 0 aliphatic rings. The molecule has 1 atom stereocenters. The Bertz CT molecular complexity index is 631. The van der Waals surface area contributed by atoms with Gasteiger partial charge in [-0.3, -0.25) is 14.2 Å². The number of carbonyl (C=O) groups is 1. The lowest BCUT2D eigenvalue weighted by Crippen LogP contribution is -2.27. The molecule has 20 heavy (non-hydrogen) atoms. The van der Waals surface area contributed by atoms with Crippen molar-refractivity contribution in [3.63, 3.8) is 0 Å². The van der Waals surface area contributed by atoms with E-state index in [0.29, 0.717) is 5.02 Å². The van der Waals surface area contributed by atoms with Gasteiger partial charge >= 0.3 is 0 Å². The number of carbonyl (C=O) groups excluding carboxylic acids is 1. The first-order chi connectivity index (χ1) is 9.43. The molecular formula is C13H18ClN5O. The number of aromatic nitrogens is 4. The first-order valence-electron chi connectivity index (χ1n) is 6.46. The molecule has 0 bridgehead atoms. The zero-order chi connectivity index (χ0) is 14.9. The minimum absolute atomic E-state index is 0.152. The Kier molecular flexibility index (Phi) is 4.13. The monoisotopic (exact) mass is 295 g/mol. The lowest BCUT2D eigenvalue weighted by atomic mass is 10.1. The zero-order valence-electron chi connectivity index (χ0n) is 12.0. The normalized spacial score (nSPS) is 12.4. The van der Waals surface area contributed by atoms with E-state index in [9.17, 15) is 4.79 Å². The number of halogens is 1. The van der Waals surface area contributed by atoms with Gasteiger partial charge in [0.15, 0.2) is 5.69 Å². The molecule has 2 aromatic rings. The van der Waals surface area contributed by atoms with Crippen LogP contribution in [0.15, 0.2) is 12.4 Å². The summed E-state index contributed by atoms with van der Waals surface area (Å²) in [5.74, 6) is -0.285. The van der Waals surface area contributed by atoms with Crippen LogP contribution in [0.5, 0.6) is 0 Å². The van der Waals surface area contributed by atoms with Crippen LogP contribution in [0.25, 0.3) is 0 Å². The fourth-order valence-corrected chi connectivity index (χ4v) is 2.43. The number of rotatable bonds is 4. The standard InChI is InChI=1S/C13H18ClN5O/c1-5-19-9(3)10(6-15-19)8(2)16-13(20)12-11(14)7-18(4)17-12/h6-8H,5H2,1-4H3,(H,16,20). The van der Waals surface area contributed by atoms with Gasteiger partial charge in [-0.2, -0.15) is 10.2 Å². The van der Waals surface area contributed by atoms with E-state index >= 15 is 0 Å². The number of nitrogens with zero attached hydrogens (tertiary/aromatic N) is 4. The van der Waals surface area contributed by atoms with Crippen molar-refractivity contribution in [2.75, 3.05) is 0 Å². The van der Waals surface area contributed by atoms with E-state index in [1.165, 1.54) is 4.68 Å². The first-order valence-corrected chi connectivity index (χ1v) is 6.84. The molecule has 0 saturated carbocycles. The molecule has 0 fully saturated rings. The van der Waals surface area contributed by atoms with Crippen LogP contribution in [-0.4, -0.2) is 25.5 Å². The van der Waals surface area contributed by atoms with E-state index < -0.39 is 0 Å². The van der Waals surface area contributed by atoms with Crippen molar-refractivity contribution in [2.45, 2.75) is 33.4 Å². The van der Waals surface area contributed by atoms with E-state index in [-0.39, 0.29) is 17.6 Å². The average molecular weight is 296 g/mol. The van der Waals surface area contributed by atoms with Crippen LogP contribution in [0.3, 0.4) is 0 Å². The van der Waals surface area contributed by atoms with Gasteiger partial charge in [-0.1, -0.05) is 11.6 Å². The Labute approximate surface area is 122 Å². The highest BCUT2D eigenvalue weighted by atomic mass is 35.5. The smallest absolute Gasteiger partial charge is 0.273 e. The molecule has 1 N–H and O–H groups in total. The lowest BCUT2D eigenvalue weighted by Gasteiger charge is -2.13. The number of hydrogen-bond donors (Lipinski definition) is 1. The molecule has 0 aliphatic carbocycles. The van der Waals surface area contributed by atoms with Crippen LogP contribution in [0, 0.1) is 6.92 Å². The maximum atomic E-state index is 12.2. The van der Waals surface area contributed by atoms with Gasteiger partial charge in [0.05, 0.1) is 17.3 Å². The van der Waals surface area contributed by atoms with Gasteiger partial charge in [0.1, 0.15) is 0 Å². The minimum Gasteiger partial charge on any atom is -0.344 e. The van der Waals surface area contributed by atoms with Gasteiger partial charge in [-0.15, -0.1) is 0 Å². The molecule has 1 amide bonds. The molecule has 108 valence electrons. The predicted octanol–water partition coefficient (Wildman–Crippen LogP) is 2.09. The first kappa shape index (κ1) is 14.6. The molecule has 0 saturated heterocycles. The van der Waals surface area contributed by atoms with Gasteiger partial charge in [0.2, 0.25) is 0 Å². The van der Waals surface area contributed by atoms with Crippen LogP contribution in [0.2, 0.25) is 5.02 Å². The zero-order valence-corrected chi connectivity index (χ0v) is 12.8. The number of hydrogen-bond acceptors (Lipinski definition) is 3. The summed E-state index contributed by atoms with van der Waals surface area (Å²) in [6.45, 7) is 6.74. The molecule has 0 aromatic carbocycles. The summed E-state index contributed by atoms with van der Waals surface area (Å²) in [5.41, 5.74) is 2.28. The molecule has 1 unspecified atom stereocenters. The maximum Gasteiger partial charge on any atom is 0.273 e. The molecular weight excluding hydrogens is 278 g/mol. The number of amides is 1. The van der Waals surface area contributed by atoms with Crippen molar-refractivity contribution < 1.29 is 4.79 Å². The summed E-state index contributed by atoms with van der Waals surface area (Å²) in [6.07, 6.45) is 3.38. The van der Waals surface area contributed by atoms with E-state index in [0.717, 1.165) is 17.8 Å². The summed E-state index contributed by atoms with van der Waals surface area (Å²) < 4.78 is 3.41. The second-order valence-electron chi connectivity index (χ2n) is 4.70. The molecule has 0 radical (unpaired) electrons. The van der Waals surface area contributed by atoms with Crippen molar-refractivity contribution >= 4 is 17.5 Å². The van der Waals surface area contributed by atoms with E-state index in [2.05, 4.69) is 15.5 Å². The van der Waals surface area contributed by atoms with Crippen molar-refractivity contribution in [3.05, 3.63) is 34.4 Å². The second kappa shape index (κ2) is 5.66. The fraction of sp³-hybridized carbons (Fsp3) is 0.462. The third-order valence-electron chi connectivity index (χ3n) is 3.25. The molecule has 2 rings (SSSR count). The average Bonchev–Trinajstić information content (AvgIpc) is 2.91. The summed E-state index contributed by atoms with van der Waals surface area (Å²) in [7, 11) is 1.72. The van der Waals surface area contributed by atoms with Crippen LogP contribution in [0.4, 0.5) is 0 Å². The predicted molar refractivity (Wildman–Crippen MR) is 76.7 cm³/mol. The molecule has 0 spiro atoms. The van der Waals surface area contributed by atoms with Crippen LogP contribution < -0.4 is 5.32 Å². The fourth-order valence-electron chi connectivity index (χ4n) is 2.16. The molecule has 2 heterocycles. The molecule has 7 heteroatoms. The Balaban J connectivity index is 2.15. The summed E-state index contributed by atoms with van der Waals surface area (Å²) in [5, 5.41) is 11.6. The SMILES string of the molecule is CCn1ncc(C(C)NC(=O)c2nn(C)cc2Cl)c1C. The van der Waals surface area contributed by atoms with E-state index in [1.54, 1.807) is 19.4 Å². The third kappa shape index (κ3) is 2.70.